The van der Waals surface area contributed by atoms with Gasteiger partial charge >= 0.3 is 5.97 Å². The van der Waals surface area contributed by atoms with Gasteiger partial charge in [0.2, 0.25) is 0 Å². The molecule has 8 heteroatoms. The number of ether oxygens (including phenoxy) is 1. The lowest BCUT2D eigenvalue weighted by Crippen LogP contribution is -2.06. The second kappa shape index (κ2) is 6.25. The maximum atomic E-state index is 13.1. The fraction of sp³-hybridized carbons (Fsp3) is 0.200. The molecular weight excluding hydrogens is 319 g/mol. The molecule has 0 radical (unpaired) electrons. The lowest BCUT2D eigenvalue weighted by Gasteiger charge is -2.00. The lowest BCUT2D eigenvalue weighted by molar-refractivity contribution is 0.0514. The fourth-order valence-corrected chi connectivity index (χ4v) is 2.87. The van der Waals surface area contributed by atoms with Crippen molar-refractivity contribution in [2.24, 2.45) is 0 Å². The Bertz CT molecular complexity index is 842. The maximum Gasteiger partial charge on any atom is 0.377 e. The number of aryl methyl sites for hydroxylation is 1. The molecule has 0 aliphatic heterocycles. The van der Waals surface area contributed by atoms with E-state index in [2.05, 4.69) is 19.6 Å². The molecule has 0 unspecified atom stereocenters. The Balaban J connectivity index is 2.02. The minimum Gasteiger partial charge on any atom is -0.460 e. The number of carbonyl (C=O) groups excluding carboxylic acids is 1. The predicted octanol–water partition coefficient (Wildman–Crippen LogP) is 3.22. The van der Waals surface area contributed by atoms with Crippen LogP contribution in [0.3, 0.4) is 0 Å². The molecule has 23 heavy (non-hydrogen) atoms. The zero-order valence-corrected chi connectivity index (χ0v) is 13.3. The Kier molecular flexibility index (Phi) is 4.16. The van der Waals surface area contributed by atoms with Crippen LogP contribution in [-0.2, 0) is 4.74 Å². The number of nitrogens with one attached hydrogen (secondary N) is 1. The average Bonchev–Trinajstić information content (AvgIpc) is 3.15. The zero-order valence-electron chi connectivity index (χ0n) is 12.5. The molecular formula is C15H13FN4O2S. The number of halogens is 1. The topological polar surface area (TPSA) is 80.8 Å². The van der Waals surface area contributed by atoms with Gasteiger partial charge in [0.25, 0.3) is 5.82 Å². The van der Waals surface area contributed by atoms with Gasteiger partial charge in [0.1, 0.15) is 16.5 Å². The van der Waals surface area contributed by atoms with Gasteiger partial charge in [0.15, 0.2) is 0 Å². The molecule has 0 saturated carbocycles. The number of aromatic amines is 1. The number of H-pyrrole nitrogens is 1. The van der Waals surface area contributed by atoms with Crippen molar-refractivity contribution in [1.82, 2.24) is 19.6 Å². The van der Waals surface area contributed by atoms with Gasteiger partial charge in [0.05, 0.1) is 12.2 Å². The van der Waals surface area contributed by atoms with Gasteiger partial charge in [-0.15, -0.1) is 0 Å². The smallest absolute Gasteiger partial charge is 0.377 e. The standard InChI is InChI=1S/C15H13FN4O2S/c1-3-22-15(21)13-17-14(23-20-13)11-8(2)18-19-12(11)9-4-6-10(16)7-5-9/h4-7H,3H2,1-2H3,(H,18,19). The fourth-order valence-electron chi connectivity index (χ4n) is 2.11. The van der Waals surface area contributed by atoms with E-state index < -0.39 is 5.97 Å². The maximum absolute atomic E-state index is 13.1. The third-order valence-corrected chi connectivity index (χ3v) is 3.90. The summed E-state index contributed by atoms with van der Waals surface area (Å²) in [5, 5.41) is 7.70. The molecule has 1 N–H and O–H groups in total. The summed E-state index contributed by atoms with van der Waals surface area (Å²) in [6.45, 7) is 3.83. The summed E-state index contributed by atoms with van der Waals surface area (Å²) in [5.74, 6) is -0.847. The Morgan fingerprint density at radius 3 is 2.78 bits per heavy atom. The largest absolute Gasteiger partial charge is 0.460 e. The number of benzene rings is 1. The minimum atomic E-state index is -0.556. The minimum absolute atomic E-state index is 0.0255. The second-order valence-electron chi connectivity index (χ2n) is 4.72. The van der Waals surface area contributed by atoms with Crippen LogP contribution in [0.15, 0.2) is 24.3 Å². The van der Waals surface area contributed by atoms with Crippen molar-refractivity contribution in [1.29, 1.82) is 0 Å². The average molecular weight is 332 g/mol. The van der Waals surface area contributed by atoms with Crippen LogP contribution in [0.4, 0.5) is 4.39 Å². The predicted molar refractivity (Wildman–Crippen MR) is 83.6 cm³/mol. The molecule has 0 atom stereocenters. The molecule has 0 spiro atoms. The molecule has 2 aromatic heterocycles. The van der Waals surface area contributed by atoms with E-state index in [1.807, 2.05) is 6.92 Å². The van der Waals surface area contributed by atoms with Gasteiger partial charge in [-0.05, 0) is 49.6 Å². The Hall–Kier alpha value is -2.61. The van der Waals surface area contributed by atoms with Crippen LogP contribution in [0.5, 0.6) is 0 Å². The van der Waals surface area contributed by atoms with Crippen LogP contribution in [0.25, 0.3) is 21.8 Å². The lowest BCUT2D eigenvalue weighted by atomic mass is 10.1. The van der Waals surface area contributed by atoms with Crippen LogP contribution in [0, 0.1) is 12.7 Å². The second-order valence-corrected chi connectivity index (χ2v) is 5.47. The van der Waals surface area contributed by atoms with Gasteiger partial charge in [0, 0.05) is 11.3 Å². The van der Waals surface area contributed by atoms with Gasteiger partial charge in [-0.3, -0.25) is 5.10 Å². The summed E-state index contributed by atoms with van der Waals surface area (Å²) in [7, 11) is 0. The highest BCUT2D eigenvalue weighted by atomic mass is 32.1. The highest BCUT2D eigenvalue weighted by Gasteiger charge is 2.21. The molecule has 2 heterocycles. The van der Waals surface area contributed by atoms with Crippen molar-refractivity contribution >= 4 is 17.5 Å². The van der Waals surface area contributed by atoms with Gasteiger partial charge in [-0.25, -0.2) is 14.2 Å². The molecule has 0 amide bonds. The summed E-state index contributed by atoms with van der Waals surface area (Å²) < 4.78 is 22.0. The molecule has 0 aliphatic carbocycles. The van der Waals surface area contributed by atoms with Gasteiger partial charge in [-0.2, -0.15) is 9.47 Å². The van der Waals surface area contributed by atoms with E-state index in [9.17, 15) is 9.18 Å². The Morgan fingerprint density at radius 2 is 2.09 bits per heavy atom. The van der Waals surface area contributed by atoms with Crippen molar-refractivity contribution in [3.05, 3.63) is 41.6 Å². The first-order valence-electron chi connectivity index (χ1n) is 6.92. The molecule has 1 aromatic carbocycles. The highest BCUT2D eigenvalue weighted by Crippen LogP contribution is 2.33. The van der Waals surface area contributed by atoms with Crippen molar-refractivity contribution in [2.45, 2.75) is 13.8 Å². The summed E-state index contributed by atoms with van der Waals surface area (Å²) in [6, 6.07) is 6.02. The van der Waals surface area contributed by atoms with Crippen LogP contribution < -0.4 is 0 Å². The van der Waals surface area contributed by atoms with E-state index in [0.717, 1.165) is 28.4 Å². The first-order chi connectivity index (χ1) is 11.1. The van der Waals surface area contributed by atoms with E-state index in [1.165, 1.54) is 12.1 Å². The van der Waals surface area contributed by atoms with Crippen LogP contribution >= 0.6 is 11.5 Å². The molecule has 6 nitrogen and oxygen atoms in total. The summed E-state index contributed by atoms with van der Waals surface area (Å²) in [5.41, 5.74) is 2.91. The number of hydrogen-bond acceptors (Lipinski definition) is 6. The molecule has 0 fully saturated rings. The number of carbonyl (C=O) groups is 1. The molecule has 0 bridgehead atoms. The van der Waals surface area contributed by atoms with Crippen LogP contribution in [0.2, 0.25) is 0 Å². The SMILES string of the molecule is CCOC(=O)c1nsc(-c2c(-c3ccc(F)cc3)n[nH]c2C)n1. The molecule has 118 valence electrons. The van der Waals surface area contributed by atoms with E-state index >= 15 is 0 Å². The normalized spacial score (nSPS) is 10.7. The van der Waals surface area contributed by atoms with E-state index in [0.29, 0.717) is 10.7 Å². The third kappa shape index (κ3) is 2.98. The monoisotopic (exact) mass is 332 g/mol. The Labute approximate surface area is 135 Å². The summed E-state index contributed by atoms with van der Waals surface area (Å²) >= 11 is 1.09. The Morgan fingerprint density at radius 1 is 1.35 bits per heavy atom. The van der Waals surface area contributed by atoms with Crippen molar-refractivity contribution in [2.75, 3.05) is 6.61 Å². The molecule has 3 aromatic rings. The van der Waals surface area contributed by atoms with E-state index in [-0.39, 0.29) is 18.2 Å². The number of nitrogens with zero attached hydrogens (tertiary/aromatic N) is 3. The number of hydrogen-bond donors (Lipinski definition) is 1. The zero-order chi connectivity index (χ0) is 16.4. The first kappa shape index (κ1) is 15.3. The van der Waals surface area contributed by atoms with Crippen LogP contribution in [-0.4, -0.2) is 32.1 Å². The van der Waals surface area contributed by atoms with Crippen molar-refractivity contribution in [3.63, 3.8) is 0 Å². The van der Waals surface area contributed by atoms with Crippen LogP contribution in [0.1, 0.15) is 23.2 Å². The molecule has 0 aliphatic rings. The third-order valence-electron chi connectivity index (χ3n) is 3.16. The number of aromatic nitrogens is 4. The van der Waals surface area contributed by atoms with E-state index in [4.69, 9.17) is 4.74 Å². The molecule has 0 saturated heterocycles. The van der Waals surface area contributed by atoms with Gasteiger partial charge < -0.3 is 4.74 Å². The first-order valence-corrected chi connectivity index (χ1v) is 7.69. The summed E-state index contributed by atoms with van der Waals surface area (Å²) in [4.78, 5) is 15.9. The number of rotatable bonds is 4. The summed E-state index contributed by atoms with van der Waals surface area (Å²) in [6.07, 6.45) is 0. The van der Waals surface area contributed by atoms with E-state index in [1.54, 1.807) is 19.1 Å². The molecule has 3 rings (SSSR count). The van der Waals surface area contributed by atoms with Gasteiger partial charge in [-0.1, -0.05) is 0 Å². The van der Waals surface area contributed by atoms with Crippen molar-refractivity contribution < 1.29 is 13.9 Å². The number of esters is 1. The highest BCUT2D eigenvalue weighted by molar-refractivity contribution is 7.09. The van der Waals surface area contributed by atoms with Crippen molar-refractivity contribution in [3.8, 4) is 21.8 Å². The quantitative estimate of drug-likeness (QED) is 0.742.